The standard InChI is InChI=1S/C17H15FN4OS/c18-13-5-3-12(4-6-13)16(23)21-8-10-22(11-9-21)17-20-14-2-1-7-19-15(14)24-17/h1-7H,8-11H2. The highest BCUT2D eigenvalue weighted by Gasteiger charge is 2.24. The zero-order chi connectivity index (χ0) is 16.5. The normalized spacial score (nSPS) is 15.0. The molecule has 122 valence electrons. The number of carbonyl (C=O) groups is 1. The molecular weight excluding hydrogens is 327 g/mol. The van der Waals surface area contributed by atoms with Crippen LogP contribution >= 0.6 is 11.3 Å². The number of hydrogen-bond donors (Lipinski definition) is 0. The van der Waals surface area contributed by atoms with Gasteiger partial charge in [0.2, 0.25) is 0 Å². The van der Waals surface area contributed by atoms with Crippen molar-refractivity contribution in [2.24, 2.45) is 0 Å². The van der Waals surface area contributed by atoms with Gasteiger partial charge in [-0.25, -0.2) is 14.4 Å². The number of fused-ring (bicyclic) bond motifs is 1. The molecule has 0 aliphatic carbocycles. The number of nitrogens with zero attached hydrogens (tertiary/aromatic N) is 4. The Bertz CT molecular complexity index is 839. The molecule has 0 bridgehead atoms. The Hall–Kier alpha value is -2.54. The second-order valence-corrected chi connectivity index (χ2v) is 6.57. The van der Waals surface area contributed by atoms with Crippen LogP contribution in [0.15, 0.2) is 42.6 Å². The molecule has 1 saturated heterocycles. The highest BCUT2D eigenvalue weighted by atomic mass is 32.1. The van der Waals surface area contributed by atoms with Crippen molar-refractivity contribution in [2.45, 2.75) is 0 Å². The maximum absolute atomic E-state index is 13.0. The van der Waals surface area contributed by atoms with Crippen molar-refractivity contribution in [3.05, 3.63) is 54.0 Å². The predicted octanol–water partition coefficient (Wildman–Crippen LogP) is 2.79. The molecule has 0 unspecified atom stereocenters. The molecule has 1 aliphatic rings. The van der Waals surface area contributed by atoms with E-state index in [1.54, 1.807) is 22.4 Å². The van der Waals surface area contributed by atoms with E-state index < -0.39 is 0 Å². The van der Waals surface area contributed by atoms with Crippen LogP contribution in [0.3, 0.4) is 0 Å². The molecule has 0 atom stereocenters. The Morgan fingerprint density at radius 2 is 1.83 bits per heavy atom. The number of carbonyl (C=O) groups excluding carboxylic acids is 1. The fourth-order valence-corrected chi connectivity index (χ4v) is 3.73. The van der Waals surface area contributed by atoms with Crippen molar-refractivity contribution in [1.82, 2.24) is 14.9 Å². The molecule has 24 heavy (non-hydrogen) atoms. The van der Waals surface area contributed by atoms with Gasteiger partial charge in [-0.15, -0.1) is 0 Å². The quantitative estimate of drug-likeness (QED) is 0.719. The Kier molecular flexibility index (Phi) is 3.86. The molecule has 1 amide bonds. The first-order valence-electron chi connectivity index (χ1n) is 7.72. The number of rotatable bonds is 2. The Morgan fingerprint density at radius 3 is 2.54 bits per heavy atom. The van der Waals surface area contributed by atoms with Crippen LogP contribution in [0.2, 0.25) is 0 Å². The SMILES string of the molecule is O=C(c1ccc(F)cc1)N1CCN(c2nc3cccnc3s2)CC1. The Balaban J connectivity index is 1.44. The molecular formula is C17H15FN4OS. The van der Waals surface area contributed by atoms with Gasteiger partial charge in [-0.1, -0.05) is 11.3 Å². The number of halogens is 1. The van der Waals surface area contributed by atoms with Crippen molar-refractivity contribution in [1.29, 1.82) is 0 Å². The summed E-state index contributed by atoms with van der Waals surface area (Å²) in [4.78, 5) is 26.3. The van der Waals surface area contributed by atoms with Gasteiger partial charge in [0.1, 0.15) is 16.2 Å². The Morgan fingerprint density at radius 1 is 1.08 bits per heavy atom. The first kappa shape index (κ1) is 15.0. The second kappa shape index (κ2) is 6.16. The zero-order valence-corrected chi connectivity index (χ0v) is 13.7. The number of aromatic nitrogens is 2. The van der Waals surface area contributed by atoms with Gasteiger partial charge in [-0.05, 0) is 36.4 Å². The van der Waals surface area contributed by atoms with Crippen LogP contribution in [0.5, 0.6) is 0 Å². The van der Waals surface area contributed by atoms with Crippen molar-refractivity contribution in [3.8, 4) is 0 Å². The largest absolute Gasteiger partial charge is 0.344 e. The third-order valence-corrected chi connectivity index (χ3v) is 5.12. The average Bonchev–Trinajstić information content (AvgIpc) is 3.06. The number of benzene rings is 1. The van der Waals surface area contributed by atoms with Crippen molar-refractivity contribution < 1.29 is 9.18 Å². The summed E-state index contributed by atoms with van der Waals surface area (Å²) < 4.78 is 13.0. The minimum Gasteiger partial charge on any atom is -0.344 e. The summed E-state index contributed by atoms with van der Waals surface area (Å²) >= 11 is 1.57. The molecule has 3 heterocycles. The summed E-state index contributed by atoms with van der Waals surface area (Å²) in [5.41, 5.74) is 1.43. The maximum Gasteiger partial charge on any atom is 0.253 e. The maximum atomic E-state index is 13.0. The number of hydrogen-bond acceptors (Lipinski definition) is 5. The van der Waals surface area contributed by atoms with Crippen LogP contribution < -0.4 is 4.90 Å². The lowest BCUT2D eigenvalue weighted by Gasteiger charge is -2.34. The minimum absolute atomic E-state index is 0.0550. The van der Waals surface area contributed by atoms with Gasteiger partial charge < -0.3 is 9.80 Å². The predicted molar refractivity (Wildman–Crippen MR) is 91.9 cm³/mol. The number of anilines is 1. The molecule has 2 aromatic heterocycles. The third kappa shape index (κ3) is 2.82. The molecule has 1 fully saturated rings. The molecule has 0 radical (unpaired) electrons. The smallest absolute Gasteiger partial charge is 0.253 e. The Labute approximate surface area is 142 Å². The molecule has 0 N–H and O–H groups in total. The number of piperazine rings is 1. The fraction of sp³-hybridized carbons (Fsp3) is 0.235. The number of pyridine rings is 1. The molecule has 1 aliphatic heterocycles. The summed E-state index contributed by atoms with van der Waals surface area (Å²) in [5, 5.41) is 0.942. The topological polar surface area (TPSA) is 49.3 Å². The van der Waals surface area contributed by atoms with E-state index in [0.29, 0.717) is 18.7 Å². The van der Waals surface area contributed by atoms with Gasteiger partial charge in [-0.3, -0.25) is 4.79 Å². The zero-order valence-electron chi connectivity index (χ0n) is 12.9. The van der Waals surface area contributed by atoms with E-state index in [-0.39, 0.29) is 11.7 Å². The molecule has 1 aromatic carbocycles. The van der Waals surface area contributed by atoms with Crippen LogP contribution in [0.4, 0.5) is 9.52 Å². The fourth-order valence-electron chi connectivity index (χ4n) is 2.77. The van der Waals surface area contributed by atoms with E-state index >= 15 is 0 Å². The van der Waals surface area contributed by atoms with E-state index in [4.69, 9.17) is 0 Å². The van der Waals surface area contributed by atoms with Gasteiger partial charge in [0.25, 0.3) is 5.91 Å². The lowest BCUT2D eigenvalue weighted by atomic mass is 10.2. The number of thiazole rings is 1. The second-order valence-electron chi connectivity index (χ2n) is 5.61. The van der Waals surface area contributed by atoms with Crippen LogP contribution in [0, 0.1) is 5.82 Å². The first-order chi connectivity index (χ1) is 11.7. The highest BCUT2D eigenvalue weighted by molar-refractivity contribution is 7.21. The first-order valence-corrected chi connectivity index (χ1v) is 8.54. The van der Waals surface area contributed by atoms with Crippen LogP contribution in [-0.4, -0.2) is 47.0 Å². The van der Waals surface area contributed by atoms with Gasteiger partial charge in [0.15, 0.2) is 5.13 Å². The van der Waals surface area contributed by atoms with E-state index in [2.05, 4.69) is 14.9 Å². The summed E-state index contributed by atoms with van der Waals surface area (Å²) in [6.07, 6.45) is 1.77. The lowest BCUT2D eigenvalue weighted by molar-refractivity contribution is 0.0746. The number of amides is 1. The lowest BCUT2D eigenvalue weighted by Crippen LogP contribution is -2.48. The molecule has 4 rings (SSSR count). The molecule has 7 heteroatoms. The van der Waals surface area contributed by atoms with Gasteiger partial charge in [0.05, 0.1) is 0 Å². The summed E-state index contributed by atoms with van der Waals surface area (Å²) in [6, 6.07) is 9.53. The molecule has 0 saturated carbocycles. The molecule has 3 aromatic rings. The van der Waals surface area contributed by atoms with E-state index in [0.717, 1.165) is 28.6 Å². The van der Waals surface area contributed by atoms with E-state index in [9.17, 15) is 9.18 Å². The van der Waals surface area contributed by atoms with E-state index in [1.807, 2.05) is 12.1 Å². The van der Waals surface area contributed by atoms with Crippen molar-refractivity contribution in [2.75, 3.05) is 31.1 Å². The van der Waals surface area contributed by atoms with E-state index in [1.165, 1.54) is 24.3 Å². The highest BCUT2D eigenvalue weighted by Crippen LogP contribution is 2.27. The summed E-state index contributed by atoms with van der Waals surface area (Å²) in [5.74, 6) is -0.388. The summed E-state index contributed by atoms with van der Waals surface area (Å²) in [6.45, 7) is 2.71. The summed E-state index contributed by atoms with van der Waals surface area (Å²) in [7, 11) is 0. The minimum atomic E-state index is -0.333. The van der Waals surface area contributed by atoms with Crippen LogP contribution in [-0.2, 0) is 0 Å². The van der Waals surface area contributed by atoms with Gasteiger partial charge in [0, 0.05) is 37.9 Å². The van der Waals surface area contributed by atoms with Crippen LogP contribution in [0.25, 0.3) is 10.3 Å². The monoisotopic (exact) mass is 342 g/mol. The van der Waals surface area contributed by atoms with Crippen LogP contribution in [0.1, 0.15) is 10.4 Å². The molecule has 5 nitrogen and oxygen atoms in total. The molecule has 0 spiro atoms. The van der Waals surface area contributed by atoms with Gasteiger partial charge >= 0.3 is 0 Å². The third-order valence-electron chi connectivity index (χ3n) is 4.08. The van der Waals surface area contributed by atoms with Gasteiger partial charge in [-0.2, -0.15) is 0 Å². The van der Waals surface area contributed by atoms with Crippen molar-refractivity contribution >= 4 is 32.7 Å². The average molecular weight is 342 g/mol. The van der Waals surface area contributed by atoms with Crippen molar-refractivity contribution in [3.63, 3.8) is 0 Å².